The zero-order valence-electron chi connectivity index (χ0n) is 32.8. The average molecular weight is 802 g/mol. The van der Waals surface area contributed by atoms with Crippen LogP contribution in [0.4, 0.5) is 9.59 Å². The molecule has 1 aromatic carbocycles. The molecular weight excluding hydrogens is 747 g/mol. The summed E-state index contributed by atoms with van der Waals surface area (Å²) in [7, 11) is -0.787. The van der Waals surface area contributed by atoms with Gasteiger partial charge >= 0.3 is 12.2 Å². The molecule has 308 valence electrons. The van der Waals surface area contributed by atoms with Gasteiger partial charge in [-0.05, 0) is 89.0 Å². The van der Waals surface area contributed by atoms with Gasteiger partial charge in [-0.1, -0.05) is 31.1 Å². The monoisotopic (exact) mass is 801 g/mol. The van der Waals surface area contributed by atoms with Crippen LogP contribution in [0.25, 0.3) is 0 Å². The molecule has 0 bridgehead atoms. The molecule has 56 heavy (non-hydrogen) atoms. The molecule has 2 aliphatic carbocycles. The Labute approximate surface area is 328 Å². The molecule has 1 saturated heterocycles. The van der Waals surface area contributed by atoms with Crippen molar-refractivity contribution in [2.24, 2.45) is 5.92 Å². The van der Waals surface area contributed by atoms with E-state index in [-0.39, 0.29) is 32.4 Å². The summed E-state index contributed by atoms with van der Waals surface area (Å²) in [6, 6.07) is 2.90. The van der Waals surface area contributed by atoms with Gasteiger partial charge in [-0.3, -0.25) is 24.0 Å². The fraction of sp³-hybridized carbons (Fsp3) is 0.667. The molecule has 3 N–H and O–H groups in total. The molecule has 16 nitrogen and oxygen atoms in total. The molecule has 2 saturated carbocycles. The first kappa shape index (κ1) is 41.3. The first-order valence-electron chi connectivity index (χ1n) is 19.5. The van der Waals surface area contributed by atoms with E-state index in [1.54, 1.807) is 39.9 Å². The van der Waals surface area contributed by atoms with Crippen molar-refractivity contribution >= 4 is 39.9 Å². The maximum Gasteiger partial charge on any atom is 0.410 e. The van der Waals surface area contributed by atoms with Crippen molar-refractivity contribution in [1.29, 1.82) is 0 Å². The first-order chi connectivity index (χ1) is 26.5. The molecule has 3 aliphatic heterocycles. The van der Waals surface area contributed by atoms with Gasteiger partial charge in [0.1, 0.15) is 35.1 Å². The van der Waals surface area contributed by atoms with Crippen molar-refractivity contribution in [2.75, 3.05) is 33.9 Å². The number of ether oxygens (including phenoxy) is 4. The van der Waals surface area contributed by atoms with E-state index < -0.39 is 86.5 Å². The number of carbonyl (C=O) groups is 5. The zero-order chi connectivity index (χ0) is 40.4. The zero-order valence-corrected chi connectivity index (χ0v) is 33.7. The van der Waals surface area contributed by atoms with E-state index >= 15 is 0 Å². The van der Waals surface area contributed by atoms with Crippen LogP contribution in [-0.2, 0) is 45.0 Å². The summed E-state index contributed by atoms with van der Waals surface area (Å²) in [6.45, 7) is 5.48. The fourth-order valence-corrected chi connectivity index (χ4v) is 9.24. The number of hydrogen-bond donors (Lipinski definition) is 3. The maximum absolute atomic E-state index is 14.5. The number of rotatable bonds is 8. The van der Waals surface area contributed by atoms with Crippen LogP contribution in [0, 0.1) is 5.92 Å². The molecule has 5 aliphatic rings. The summed E-state index contributed by atoms with van der Waals surface area (Å²) in [5.41, 5.74) is -0.478. The molecule has 3 fully saturated rings. The van der Waals surface area contributed by atoms with E-state index in [0.29, 0.717) is 44.4 Å². The topological polar surface area (TPSA) is 199 Å². The van der Waals surface area contributed by atoms with Gasteiger partial charge < -0.3 is 34.5 Å². The fourth-order valence-electron chi connectivity index (χ4n) is 7.88. The summed E-state index contributed by atoms with van der Waals surface area (Å²) in [6.07, 6.45) is 5.92. The number of nitrogens with zero attached hydrogens (tertiary/aromatic N) is 2. The Morgan fingerprint density at radius 3 is 2.52 bits per heavy atom. The van der Waals surface area contributed by atoms with Gasteiger partial charge in [0, 0.05) is 26.0 Å². The number of benzene rings is 1. The number of nitrogens with one attached hydrogen (secondary N) is 3. The van der Waals surface area contributed by atoms with Crippen LogP contribution >= 0.6 is 0 Å². The predicted molar refractivity (Wildman–Crippen MR) is 203 cm³/mol. The number of alkyl carbamates (subject to hydrolysis) is 1. The molecule has 0 aromatic heterocycles. The third kappa shape index (κ3) is 9.41. The van der Waals surface area contributed by atoms with Crippen LogP contribution in [0.3, 0.4) is 0 Å². The lowest BCUT2D eigenvalue weighted by molar-refractivity contribution is -0.141. The Hall–Kier alpha value is -4.38. The molecule has 1 aromatic rings. The van der Waals surface area contributed by atoms with Crippen LogP contribution in [0.2, 0.25) is 0 Å². The van der Waals surface area contributed by atoms with Crippen LogP contribution < -0.4 is 20.1 Å². The lowest BCUT2D eigenvalue weighted by atomic mass is 9.93. The van der Waals surface area contributed by atoms with Gasteiger partial charge in [-0.2, -0.15) is 0 Å². The summed E-state index contributed by atoms with van der Waals surface area (Å²) in [5, 5.41) is 4.88. The molecule has 2 unspecified atom stereocenters. The Morgan fingerprint density at radius 2 is 1.82 bits per heavy atom. The molecular formula is C39H55N5O11S. The summed E-state index contributed by atoms with van der Waals surface area (Å²) in [4.78, 5) is 72.4. The minimum absolute atomic E-state index is 0.0996. The van der Waals surface area contributed by atoms with E-state index in [9.17, 15) is 32.4 Å². The van der Waals surface area contributed by atoms with Crippen LogP contribution in [0.5, 0.6) is 5.75 Å². The van der Waals surface area contributed by atoms with E-state index in [4.69, 9.17) is 18.9 Å². The normalized spacial score (nSPS) is 28.9. The van der Waals surface area contributed by atoms with E-state index in [1.807, 2.05) is 30.4 Å². The van der Waals surface area contributed by atoms with Crippen molar-refractivity contribution in [2.45, 2.75) is 126 Å². The van der Waals surface area contributed by atoms with E-state index in [2.05, 4.69) is 15.4 Å². The third-order valence-corrected chi connectivity index (χ3v) is 12.9. The average Bonchev–Trinajstić information content (AvgIpc) is 4.06. The Balaban J connectivity index is 1.27. The minimum atomic E-state index is -3.92. The molecule has 0 spiro atoms. The largest absolute Gasteiger partial charge is 0.497 e. The number of methoxy groups -OCH3 is 2. The van der Waals surface area contributed by atoms with Gasteiger partial charge in [0.25, 0.3) is 5.91 Å². The highest BCUT2D eigenvalue weighted by atomic mass is 32.2. The van der Waals surface area contributed by atoms with Gasteiger partial charge in [0.15, 0.2) is 0 Å². The van der Waals surface area contributed by atoms with Crippen LogP contribution in [0.15, 0.2) is 30.4 Å². The molecule has 6 rings (SSSR count). The van der Waals surface area contributed by atoms with Gasteiger partial charge in [-0.15, -0.1) is 0 Å². The standard InChI is InChI=1S/C39H55N5O11S/c1-38(2,3)55-36(48)40-30-12-10-8-6-7-9-11-25-21-39(25,35(47)42-56(50,51)28-14-15-28)41-33(45)31-20-27(22-44(31)34(30)46)54-37(49)43-18-17-24-19-26(53-5)13-16-29(24)32(43)23-52-4/h9,11,13,16,19,25,27-28,30-32H,6-8,10,12,14-15,17-18,20-23H2,1-5H3,(H,40,48)(H,41,45)(H,42,47)/b11-9-/t25-,27+,30-,31?,32?,39+/m0/s1. The number of amides is 5. The molecule has 6 atom stereocenters. The van der Waals surface area contributed by atoms with Crippen LogP contribution in [-0.4, -0.2) is 117 Å². The molecule has 3 heterocycles. The summed E-state index contributed by atoms with van der Waals surface area (Å²) >= 11 is 0. The highest BCUT2D eigenvalue weighted by Crippen LogP contribution is 2.46. The number of allylic oxidation sites excluding steroid dienone is 1. The third-order valence-electron chi connectivity index (χ3n) is 11.1. The van der Waals surface area contributed by atoms with Crippen molar-refractivity contribution in [3.63, 3.8) is 0 Å². The maximum atomic E-state index is 14.5. The SMILES string of the molecule is COCC1c2ccc(OC)cc2CCN1C(=O)O[C@@H]1CC2C(=O)N[C@]3(C(=O)NS(=O)(=O)C4CC4)C[C@@H]3/C=C\CCCCC[C@H](NC(=O)OC(C)(C)C)C(=O)N2C1. The first-order valence-corrected chi connectivity index (χ1v) is 21.1. The molecule has 5 amide bonds. The predicted octanol–water partition coefficient (Wildman–Crippen LogP) is 3.24. The van der Waals surface area contributed by atoms with Crippen molar-refractivity contribution in [3.05, 3.63) is 41.5 Å². The minimum Gasteiger partial charge on any atom is -0.497 e. The number of hydrogen-bond acceptors (Lipinski definition) is 11. The highest BCUT2D eigenvalue weighted by molar-refractivity contribution is 7.91. The lowest BCUT2D eigenvalue weighted by Gasteiger charge is -2.37. The number of carbonyl (C=O) groups excluding carboxylic acids is 5. The van der Waals surface area contributed by atoms with E-state index in [1.165, 1.54) is 4.90 Å². The Morgan fingerprint density at radius 1 is 1.05 bits per heavy atom. The molecule has 0 radical (unpaired) electrons. The van der Waals surface area contributed by atoms with Crippen molar-refractivity contribution in [3.8, 4) is 5.75 Å². The summed E-state index contributed by atoms with van der Waals surface area (Å²) < 4.78 is 50.3. The quantitative estimate of drug-likeness (QED) is 0.326. The smallest absolute Gasteiger partial charge is 0.410 e. The van der Waals surface area contributed by atoms with Crippen molar-refractivity contribution < 1.29 is 51.3 Å². The number of sulfonamides is 1. The number of fused-ring (bicyclic) bond motifs is 3. The Bertz CT molecular complexity index is 1830. The summed E-state index contributed by atoms with van der Waals surface area (Å²) in [5.74, 6) is -1.86. The second-order valence-electron chi connectivity index (χ2n) is 16.4. The van der Waals surface area contributed by atoms with Gasteiger partial charge in [-0.25, -0.2) is 18.0 Å². The van der Waals surface area contributed by atoms with Crippen LogP contribution in [0.1, 0.15) is 95.7 Å². The van der Waals surface area contributed by atoms with Gasteiger partial charge in [0.05, 0.1) is 31.6 Å². The molecule has 17 heteroatoms. The second kappa shape index (κ2) is 16.6. The lowest BCUT2D eigenvalue weighted by Crippen LogP contribution is -2.58. The Kier molecular flexibility index (Phi) is 12.2. The van der Waals surface area contributed by atoms with Crippen molar-refractivity contribution in [1.82, 2.24) is 25.2 Å². The highest BCUT2D eigenvalue weighted by Gasteiger charge is 2.62. The second-order valence-corrected chi connectivity index (χ2v) is 18.4. The van der Waals surface area contributed by atoms with E-state index in [0.717, 1.165) is 24.0 Å². The van der Waals surface area contributed by atoms with Gasteiger partial charge in [0.2, 0.25) is 21.8 Å².